The number of carbonyl (C=O) groups is 1. The number of esters is 1. The molecule has 7 nitrogen and oxygen atoms in total. The summed E-state index contributed by atoms with van der Waals surface area (Å²) in [6, 6.07) is 18.7. The number of carbonyl (C=O) groups excluding carboxylic acids is 1. The summed E-state index contributed by atoms with van der Waals surface area (Å²) in [7, 11) is -1.92. The van der Waals surface area contributed by atoms with Gasteiger partial charge in [0.25, 0.3) is 0 Å². The number of benzene rings is 2. The molecule has 1 heterocycles. The molecule has 0 amide bonds. The van der Waals surface area contributed by atoms with Gasteiger partial charge in [0.15, 0.2) is 0 Å². The van der Waals surface area contributed by atoms with Gasteiger partial charge in [-0.05, 0) is 55.3 Å². The summed E-state index contributed by atoms with van der Waals surface area (Å²) in [4.78, 5) is 15.3. The Morgan fingerprint density at radius 2 is 1.76 bits per heavy atom. The number of nitrogens with one attached hydrogen (secondary N) is 1. The smallest absolute Gasteiger partial charge is 0.309 e. The van der Waals surface area contributed by atoms with Gasteiger partial charge in [0, 0.05) is 26.7 Å². The van der Waals surface area contributed by atoms with Crippen molar-refractivity contribution >= 4 is 16.0 Å². The number of ether oxygens (including phenoxy) is 1. The SMILES string of the molecule is CCNC1CC(C(=O)OCC(C)C)CCN1CCC(CN(C)S(=O)(=O)c1ccccc1)c1ccccc1. The quantitative estimate of drug-likeness (QED) is 0.389. The zero-order chi connectivity index (χ0) is 26.8. The maximum atomic E-state index is 13.2. The van der Waals surface area contributed by atoms with E-state index in [1.54, 1.807) is 31.3 Å². The van der Waals surface area contributed by atoms with E-state index in [4.69, 9.17) is 4.74 Å². The number of hydrogen-bond donors (Lipinski definition) is 1. The molecule has 3 rings (SSSR count). The lowest BCUT2D eigenvalue weighted by atomic mass is 9.92. The summed E-state index contributed by atoms with van der Waals surface area (Å²) in [6.45, 7) is 9.45. The van der Waals surface area contributed by atoms with Crippen molar-refractivity contribution in [3.8, 4) is 0 Å². The van der Waals surface area contributed by atoms with Gasteiger partial charge in [-0.3, -0.25) is 9.69 Å². The Kier molecular flexibility index (Phi) is 11.1. The number of likely N-dealkylation sites (N-methyl/N-ethyl adjacent to an activating group) is 1. The molecule has 1 N–H and O–H groups in total. The molecule has 37 heavy (non-hydrogen) atoms. The molecule has 3 atom stereocenters. The summed E-state index contributed by atoms with van der Waals surface area (Å²) in [5.41, 5.74) is 1.13. The van der Waals surface area contributed by atoms with E-state index in [9.17, 15) is 13.2 Å². The van der Waals surface area contributed by atoms with Crippen LogP contribution in [-0.2, 0) is 19.6 Å². The second-order valence-corrected chi connectivity index (χ2v) is 12.4. The third kappa shape index (κ3) is 8.37. The molecule has 0 spiro atoms. The maximum Gasteiger partial charge on any atom is 0.309 e. The Balaban J connectivity index is 1.68. The van der Waals surface area contributed by atoms with Gasteiger partial charge in [0.05, 0.1) is 23.6 Å². The van der Waals surface area contributed by atoms with Crippen molar-refractivity contribution in [2.45, 2.75) is 57.0 Å². The van der Waals surface area contributed by atoms with Gasteiger partial charge in [-0.25, -0.2) is 12.7 Å². The molecule has 0 aromatic heterocycles. The molecule has 1 aliphatic heterocycles. The van der Waals surface area contributed by atoms with Crippen molar-refractivity contribution in [3.05, 3.63) is 66.2 Å². The minimum Gasteiger partial charge on any atom is -0.465 e. The van der Waals surface area contributed by atoms with Gasteiger partial charge in [0.1, 0.15) is 0 Å². The molecule has 8 heteroatoms. The lowest BCUT2D eigenvalue weighted by Gasteiger charge is -2.40. The molecule has 1 saturated heterocycles. The van der Waals surface area contributed by atoms with Gasteiger partial charge in [-0.2, -0.15) is 0 Å². The Hall–Kier alpha value is -2.26. The molecule has 1 aliphatic rings. The largest absolute Gasteiger partial charge is 0.465 e. The van der Waals surface area contributed by atoms with Crippen LogP contribution in [0.1, 0.15) is 51.5 Å². The lowest BCUT2D eigenvalue weighted by Crippen LogP contribution is -2.52. The molecular weight excluding hydrogens is 486 g/mol. The van der Waals surface area contributed by atoms with Crippen LogP contribution in [0.25, 0.3) is 0 Å². The molecule has 204 valence electrons. The van der Waals surface area contributed by atoms with Crippen molar-refractivity contribution in [2.75, 3.05) is 39.8 Å². The first kappa shape index (κ1) is 29.3. The first-order chi connectivity index (χ1) is 17.7. The van der Waals surface area contributed by atoms with E-state index in [2.05, 4.69) is 29.3 Å². The van der Waals surface area contributed by atoms with Crippen LogP contribution in [0.3, 0.4) is 0 Å². The van der Waals surface area contributed by atoms with Crippen LogP contribution in [0.5, 0.6) is 0 Å². The number of likely N-dealkylation sites (tertiary alicyclic amines) is 1. The van der Waals surface area contributed by atoms with Crippen LogP contribution in [0.4, 0.5) is 0 Å². The van der Waals surface area contributed by atoms with Crippen LogP contribution in [0.2, 0.25) is 0 Å². The van der Waals surface area contributed by atoms with Crippen LogP contribution in [-0.4, -0.2) is 69.6 Å². The standard InChI is InChI=1S/C29H43N3O4S/c1-5-30-28-20-25(29(33)36-22-23(2)3)16-18-32(28)19-17-26(24-12-8-6-9-13-24)21-31(4)37(34,35)27-14-10-7-11-15-27/h6-15,23,25-26,28,30H,5,16-22H2,1-4H3. The van der Waals surface area contributed by atoms with E-state index in [-0.39, 0.29) is 24.0 Å². The topological polar surface area (TPSA) is 79.0 Å². The van der Waals surface area contributed by atoms with E-state index in [0.717, 1.165) is 44.5 Å². The minimum atomic E-state index is -3.58. The van der Waals surface area contributed by atoms with Crippen molar-refractivity contribution in [1.82, 2.24) is 14.5 Å². The molecule has 0 radical (unpaired) electrons. The highest BCUT2D eigenvalue weighted by Crippen LogP contribution is 2.28. The maximum absolute atomic E-state index is 13.2. The minimum absolute atomic E-state index is 0.0423. The van der Waals surface area contributed by atoms with Gasteiger partial charge >= 0.3 is 5.97 Å². The Morgan fingerprint density at radius 1 is 1.11 bits per heavy atom. The fraction of sp³-hybridized carbons (Fsp3) is 0.552. The van der Waals surface area contributed by atoms with Gasteiger partial charge < -0.3 is 10.1 Å². The second-order valence-electron chi connectivity index (χ2n) is 10.3. The summed E-state index contributed by atoms with van der Waals surface area (Å²) < 4.78 is 33.4. The van der Waals surface area contributed by atoms with Crippen molar-refractivity contribution in [1.29, 1.82) is 0 Å². The zero-order valence-corrected chi connectivity index (χ0v) is 23.5. The highest BCUT2D eigenvalue weighted by atomic mass is 32.2. The number of rotatable bonds is 13. The fourth-order valence-electron chi connectivity index (χ4n) is 4.90. The summed E-state index contributed by atoms with van der Waals surface area (Å²) in [5, 5.41) is 3.55. The van der Waals surface area contributed by atoms with Gasteiger partial charge in [0.2, 0.25) is 10.0 Å². The Labute approximate surface area is 223 Å². The predicted molar refractivity (Wildman–Crippen MR) is 148 cm³/mol. The van der Waals surface area contributed by atoms with Crippen molar-refractivity contribution in [2.24, 2.45) is 11.8 Å². The third-order valence-electron chi connectivity index (χ3n) is 7.01. The van der Waals surface area contributed by atoms with Crippen molar-refractivity contribution < 1.29 is 17.9 Å². The normalized spacial score (nSPS) is 19.7. The number of nitrogens with zero attached hydrogens (tertiary/aromatic N) is 2. The lowest BCUT2D eigenvalue weighted by molar-refractivity contribution is -0.152. The van der Waals surface area contributed by atoms with Crippen molar-refractivity contribution in [3.63, 3.8) is 0 Å². The van der Waals surface area contributed by atoms with E-state index in [1.807, 2.05) is 38.1 Å². The highest BCUT2D eigenvalue weighted by Gasteiger charge is 2.33. The monoisotopic (exact) mass is 529 g/mol. The summed E-state index contributed by atoms with van der Waals surface area (Å²) in [6.07, 6.45) is 2.40. The second kappa shape index (κ2) is 14.0. The van der Waals surface area contributed by atoms with Gasteiger partial charge in [-0.1, -0.05) is 69.3 Å². The Bertz CT molecular complexity index is 1060. The average Bonchev–Trinajstić information content (AvgIpc) is 2.91. The zero-order valence-electron chi connectivity index (χ0n) is 22.7. The number of hydrogen-bond acceptors (Lipinski definition) is 6. The first-order valence-electron chi connectivity index (χ1n) is 13.4. The number of piperidine rings is 1. The molecule has 0 saturated carbocycles. The van der Waals surface area contributed by atoms with E-state index in [0.29, 0.717) is 24.0 Å². The predicted octanol–water partition coefficient (Wildman–Crippen LogP) is 4.33. The van der Waals surface area contributed by atoms with E-state index in [1.165, 1.54) is 4.31 Å². The molecule has 3 unspecified atom stereocenters. The van der Waals surface area contributed by atoms with E-state index >= 15 is 0 Å². The van der Waals surface area contributed by atoms with Crippen LogP contribution < -0.4 is 5.32 Å². The molecule has 2 aromatic rings. The molecule has 0 bridgehead atoms. The Morgan fingerprint density at radius 3 is 2.38 bits per heavy atom. The third-order valence-corrected chi connectivity index (χ3v) is 8.85. The fourth-order valence-corrected chi connectivity index (χ4v) is 6.14. The first-order valence-corrected chi connectivity index (χ1v) is 14.9. The molecule has 1 fully saturated rings. The number of sulfonamides is 1. The van der Waals surface area contributed by atoms with Crippen LogP contribution >= 0.6 is 0 Å². The van der Waals surface area contributed by atoms with Crippen LogP contribution in [0, 0.1) is 11.8 Å². The van der Waals surface area contributed by atoms with Crippen LogP contribution in [0.15, 0.2) is 65.6 Å². The molecule has 2 aromatic carbocycles. The van der Waals surface area contributed by atoms with Gasteiger partial charge in [-0.15, -0.1) is 0 Å². The average molecular weight is 530 g/mol. The highest BCUT2D eigenvalue weighted by molar-refractivity contribution is 7.89. The molecular formula is C29H43N3O4S. The summed E-state index contributed by atoms with van der Waals surface area (Å²) >= 11 is 0. The molecule has 0 aliphatic carbocycles. The summed E-state index contributed by atoms with van der Waals surface area (Å²) in [5.74, 6) is 0.185. The van der Waals surface area contributed by atoms with E-state index < -0.39 is 10.0 Å².